The predicted octanol–water partition coefficient (Wildman–Crippen LogP) is 5.38. The lowest BCUT2D eigenvalue weighted by Crippen LogP contribution is -2.37. The van der Waals surface area contributed by atoms with E-state index < -0.39 is 0 Å². The molecule has 2 aliphatic rings. The Hall–Kier alpha value is -2.13. The summed E-state index contributed by atoms with van der Waals surface area (Å²) < 4.78 is 0. The molecule has 2 aromatic carbocycles. The molecule has 1 aliphatic heterocycles. The number of anilines is 1. The van der Waals surface area contributed by atoms with Crippen LogP contribution in [0.4, 0.5) is 5.69 Å². The molecule has 28 heavy (non-hydrogen) atoms. The molecule has 2 fully saturated rings. The Kier molecular flexibility index (Phi) is 6.11. The lowest BCUT2D eigenvalue weighted by molar-refractivity contribution is -0.115. The van der Waals surface area contributed by atoms with Gasteiger partial charge in [0.15, 0.2) is 0 Å². The van der Waals surface area contributed by atoms with Gasteiger partial charge >= 0.3 is 0 Å². The molecule has 1 N–H and O–H groups in total. The maximum Gasteiger partial charge on any atom is 0.228 e. The van der Waals surface area contributed by atoms with Crippen molar-refractivity contribution in [1.82, 2.24) is 4.90 Å². The highest BCUT2D eigenvalue weighted by atomic mass is 16.1. The van der Waals surface area contributed by atoms with Crippen LogP contribution >= 0.6 is 0 Å². The van der Waals surface area contributed by atoms with E-state index in [0.29, 0.717) is 12.3 Å². The molecule has 0 bridgehead atoms. The van der Waals surface area contributed by atoms with Gasteiger partial charge in [0.2, 0.25) is 5.91 Å². The summed E-state index contributed by atoms with van der Waals surface area (Å²) in [5.41, 5.74) is 3.36. The van der Waals surface area contributed by atoms with Crippen molar-refractivity contribution in [3.8, 4) is 0 Å². The number of nitrogens with zero attached hydrogens (tertiary/aromatic N) is 1. The van der Waals surface area contributed by atoms with Crippen LogP contribution in [0.2, 0.25) is 0 Å². The Balaban J connectivity index is 1.31. The quantitative estimate of drug-likeness (QED) is 0.734. The molecule has 1 amide bonds. The predicted molar refractivity (Wildman–Crippen MR) is 116 cm³/mol. The first-order chi connectivity index (χ1) is 13.7. The summed E-state index contributed by atoms with van der Waals surface area (Å²) in [6.07, 6.45) is 8.37. The van der Waals surface area contributed by atoms with Crippen LogP contribution in [-0.2, 0) is 11.2 Å². The van der Waals surface area contributed by atoms with Gasteiger partial charge in [0, 0.05) is 17.8 Å². The number of amides is 1. The fraction of sp³-hybridized carbons (Fsp3) is 0.480. The van der Waals surface area contributed by atoms with Crippen LogP contribution in [0.3, 0.4) is 0 Å². The topological polar surface area (TPSA) is 32.3 Å². The van der Waals surface area contributed by atoms with Gasteiger partial charge in [-0.2, -0.15) is 0 Å². The van der Waals surface area contributed by atoms with Crippen molar-refractivity contribution in [3.63, 3.8) is 0 Å². The van der Waals surface area contributed by atoms with E-state index in [-0.39, 0.29) is 5.91 Å². The van der Waals surface area contributed by atoms with Gasteiger partial charge in [0.1, 0.15) is 0 Å². The molecule has 0 spiro atoms. The normalized spacial score (nSPS) is 25.1. The maximum atomic E-state index is 12.3. The summed E-state index contributed by atoms with van der Waals surface area (Å²) in [4.78, 5) is 15.0. The molecule has 1 aliphatic carbocycles. The zero-order chi connectivity index (χ0) is 19.3. The molecule has 1 heterocycles. The van der Waals surface area contributed by atoms with Crippen molar-refractivity contribution in [2.45, 2.75) is 69.9 Å². The Morgan fingerprint density at radius 1 is 1.04 bits per heavy atom. The second-order valence-electron chi connectivity index (χ2n) is 8.44. The van der Waals surface area contributed by atoms with Crippen molar-refractivity contribution in [1.29, 1.82) is 0 Å². The highest BCUT2D eigenvalue weighted by molar-refractivity contribution is 5.92. The van der Waals surface area contributed by atoms with Gasteiger partial charge in [0.25, 0.3) is 0 Å². The number of carbonyl (C=O) groups excluding carboxylic acids is 1. The number of rotatable bonds is 6. The Morgan fingerprint density at radius 3 is 2.57 bits per heavy atom. The van der Waals surface area contributed by atoms with Gasteiger partial charge in [-0.05, 0) is 74.2 Å². The van der Waals surface area contributed by atoms with E-state index in [0.717, 1.165) is 23.3 Å². The van der Waals surface area contributed by atoms with Crippen LogP contribution in [-0.4, -0.2) is 29.4 Å². The number of carbonyl (C=O) groups is 1. The molecule has 3 atom stereocenters. The largest absolute Gasteiger partial charge is 0.326 e. The monoisotopic (exact) mass is 376 g/mol. The molecule has 4 rings (SSSR count). The average Bonchev–Trinajstić information content (AvgIpc) is 3.38. The number of hydrogen-bond acceptors (Lipinski definition) is 2. The highest BCUT2D eigenvalue weighted by Crippen LogP contribution is 2.39. The molecule has 1 saturated carbocycles. The standard InChI is InChI=1S/C25H32N2O/c1-2-23-9-6-16-27(23)24-15-12-21(18-24)20-10-13-22(14-11-20)26-25(28)17-19-7-4-3-5-8-19/h3-5,7-8,10-11,13-14,21,23-24H,2,6,9,12,15-18H2,1H3,(H,26,28)/t21-,23-,24?/m0/s1. The van der Waals surface area contributed by atoms with Crippen molar-refractivity contribution in [3.05, 3.63) is 65.7 Å². The minimum atomic E-state index is 0.0412. The number of benzene rings is 2. The molecule has 3 nitrogen and oxygen atoms in total. The van der Waals surface area contributed by atoms with Crippen molar-refractivity contribution < 1.29 is 4.79 Å². The SMILES string of the molecule is CC[C@H]1CCCN1C1CC[C@H](c2ccc(NC(=O)Cc3ccccc3)cc2)C1. The molecule has 0 aromatic heterocycles. The molecular formula is C25H32N2O. The Labute approximate surface area is 169 Å². The van der Waals surface area contributed by atoms with Crippen LogP contribution in [0.1, 0.15) is 62.5 Å². The van der Waals surface area contributed by atoms with Crippen LogP contribution in [0.25, 0.3) is 0 Å². The van der Waals surface area contributed by atoms with Crippen LogP contribution in [0.15, 0.2) is 54.6 Å². The first kappa shape index (κ1) is 19.2. The highest BCUT2D eigenvalue weighted by Gasteiger charge is 2.35. The van der Waals surface area contributed by atoms with Gasteiger partial charge in [-0.1, -0.05) is 49.4 Å². The van der Waals surface area contributed by atoms with E-state index in [1.165, 1.54) is 50.6 Å². The van der Waals surface area contributed by atoms with Gasteiger partial charge in [-0.3, -0.25) is 9.69 Å². The molecular weight excluding hydrogens is 344 g/mol. The van der Waals surface area contributed by atoms with E-state index in [1.54, 1.807) is 0 Å². The Morgan fingerprint density at radius 2 is 1.82 bits per heavy atom. The summed E-state index contributed by atoms with van der Waals surface area (Å²) in [5, 5.41) is 3.03. The van der Waals surface area contributed by atoms with Gasteiger partial charge in [0.05, 0.1) is 6.42 Å². The average molecular weight is 377 g/mol. The molecule has 2 aromatic rings. The number of likely N-dealkylation sites (tertiary alicyclic amines) is 1. The first-order valence-corrected chi connectivity index (χ1v) is 10.9. The minimum absolute atomic E-state index is 0.0412. The third kappa shape index (κ3) is 4.47. The summed E-state index contributed by atoms with van der Waals surface area (Å²) in [7, 11) is 0. The zero-order valence-electron chi connectivity index (χ0n) is 16.9. The molecule has 1 saturated heterocycles. The zero-order valence-corrected chi connectivity index (χ0v) is 16.9. The smallest absolute Gasteiger partial charge is 0.228 e. The van der Waals surface area contributed by atoms with Crippen LogP contribution < -0.4 is 5.32 Å². The van der Waals surface area contributed by atoms with E-state index in [1.807, 2.05) is 30.3 Å². The summed E-state index contributed by atoms with van der Waals surface area (Å²) in [5.74, 6) is 0.705. The van der Waals surface area contributed by atoms with Crippen molar-refractivity contribution in [2.75, 3.05) is 11.9 Å². The fourth-order valence-corrected chi connectivity index (χ4v) is 5.16. The summed E-state index contributed by atoms with van der Waals surface area (Å²) in [6.45, 7) is 3.63. The second kappa shape index (κ2) is 8.91. The van der Waals surface area contributed by atoms with Crippen LogP contribution in [0, 0.1) is 0 Å². The molecule has 3 heteroatoms. The van der Waals surface area contributed by atoms with E-state index in [9.17, 15) is 4.79 Å². The first-order valence-electron chi connectivity index (χ1n) is 10.9. The third-order valence-corrected chi connectivity index (χ3v) is 6.64. The Bertz CT molecular complexity index is 771. The minimum Gasteiger partial charge on any atom is -0.326 e. The lowest BCUT2D eigenvalue weighted by Gasteiger charge is -2.30. The van der Waals surface area contributed by atoms with Gasteiger partial charge < -0.3 is 5.32 Å². The van der Waals surface area contributed by atoms with E-state index >= 15 is 0 Å². The second-order valence-corrected chi connectivity index (χ2v) is 8.44. The molecule has 0 radical (unpaired) electrons. The summed E-state index contributed by atoms with van der Waals surface area (Å²) in [6, 6.07) is 20.0. The maximum absolute atomic E-state index is 12.3. The van der Waals surface area contributed by atoms with Gasteiger partial charge in [-0.15, -0.1) is 0 Å². The molecule has 148 valence electrons. The number of hydrogen-bond donors (Lipinski definition) is 1. The van der Waals surface area contributed by atoms with Crippen molar-refractivity contribution in [2.24, 2.45) is 0 Å². The third-order valence-electron chi connectivity index (χ3n) is 6.64. The lowest BCUT2D eigenvalue weighted by atomic mass is 9.97. The molecule has 1 unspecified atom stereocenters. The van der Waals surface area contributed by atoms with Crippen molar-refractivity contribution >= 4 is 11.6 Å². The number of nitrogens with one attached hydrogen (secondary N) is 1. The van der Waals surface area contributed by atoms with Crippen LogP contribution in [0.5, 0.6) is 0 Å². The summed E-state index contributed by atoms with van der Waals surface area (Å²) >= 11 is 0. The van der Waals surface area contributed by atoms with E-state index in [2.05, 4.69) is 41.4 Å². The van der Waals surface area contributed by atoms with E-state index in [4.69, 9.17) is 0 Å². The fourth-order valence-electron chi connectivity index (χ4n) is 5.16. The van der Waals surface area contributed by atoms with Gasteiger partial charge in [-0.25, -0.2) is 0 Å².